The van der Waals surface area contributed by atoms with E-state index in [9.17, 15) is 4.79 Å². The third-order valence-corrected chi connectivity index (χ3v) is 4.04. The molecule has 0 atom stereocenters. The van der Waals surface area contributed by atoms with Crippen LogP contribution in [0.4, 0.5) is 5.69 Å². The Labute approximate surface area is 161 Å². The van der Waals surface area contributed by atoms with Crippen LogP contribution in [-0.2, 0) is 0 Å². The molecule has 138 valence electrons. The molecule has 0 unspecified atom stereocenters. The topological polar surface area (TPSA) is 90.1 Å². The lowest BCUT2D eigenvalue weighted by Crippen LogP contribution is -2.12. The van der Waals surface area contributed by atoms with Crippen LogP contribution in [0.5, 0.6) is 5.88 Å². The number of hydrogen-bond acceptors (Lipinski definition) is 6. The summed E-state index contributed by atoms with van der Waals surface area (Å²) in [5.41, 5.74) is 2.73. The van der Waals surface area contributed by atoms with E-state index >= 15 is 0 Å². The van der Waals surface area contributed by atoms with Crippen LogP contribution in [0, 0.1) is 0 Å². The van der Waals surface area contributed by atoms with Crippen LogP contribution in [0.3, 0.4) is 0 Å². The monoisotopic (exact) mass is 372 g/mol. The molecule has 4 aromatic rings. The number of pyridine rings is 1. The first-order chi connectivity index (χ1) is 13.7. The first kappa shape index (κ1) is 17.4. The number of aromatic nitrogens is 3. The van der Waals surface area contributed by atoms with Crippen molar-refractivity contribution >= 4 is 11.6 Å². The van der Waals surface area contributed by atoms with Gasteiger partial charge >= 0.3 is 0 Å². The van der Waals surface area contributed by atoms with E-state index in [1.54, 1.807) is 24.3 Å². The summed E-state index contributed by atoms with van der Waals surface area (Å²) in [4.78, 5) is 16.4. The van der Waals surface area contributed by atoms with Gasteiger partial charge in [-0.3, -0.25) is 4.79 Å². The number of rotatable bonds is 5. The van der Waals surface area contributed by atoms with Crippen LogP contribution >= 0.6 is 0 Å². The fraction of sp³-hybridized carbons (Fsp3) is 0.0476. The maximum absolute atomic E-state index is 12.4. The molecule has 2 aromatic heterocycles. The van der Waals surface area contributed by atoms with Gasteiger partial charge in [0.2, 0.25) is 17.7 Å². The van der Waals surface area contributed by atoms with Crippen LogP contribution < -0.4 is 10.1 Å². The molecule has 0 aliphatic heterocycles. The van der Waals surface area contributed by atoms with Gasteiger partial charge in [-0.25, -0.2) is 4.98 Å². The largest absolute Gasteiger partial charge is 0.481 e. The first-order valence-corrected chi connectivity index (χ1v) is 8.54. The third-order valence-electron chi connectivity index (χ3n) is 4.04. The summed E-state index contributed by atoms with van der Waals surface area (Å²) in [5, 5.41) is 11.0. The number of carbonyl (C=O) groups is 1. The van der Waals surface area contributed by atoms with Gasteiger partial charge in [0, 0.05) is 34.6 Å². The Morgan fingerprint density at radius 1 is 0.929 bits per heavy atom. The maximum atomic E-state index is 12.4. The van der Waals surface area contributed by atoms with E-state index in [2.05, 4.69) is 20.5 Å². The maximum Gasteiger partial charge on any atom is 0.255 e. The molecule has 0 bridgehead atoms. The van der Waals surface area contributed by atoms with E-state index < -0.39 is 0 Å². The van der Waals surface area contributed by atoms with E-state index in [0.29, 0.717) is 28.9 Å². The molecule has 4 rings (SSSR count). The van der Waals surface area contributed by atoms with E-state index in [0.717, 1.165) is 11.1 Å². The Morgan fingerprint density at radius 2 is 1.61 bits per heavy atom. The fourth-order valence-electron chi connectivity index (χ4n) is 2.60. The summed E-state index contributed by atoms with van der Waals surface area (Å²) in [6.45, 7) is 0. The quantitative estimate of drug-likeness (QED) is 0.568. The van der Waals surface area contributed by atoms with Crippen LogP contribution in [0.25, 0.3) is 22.9 Å². The minimum Gasteiger partial charge on any atom is -0.481 e. The molecule has 0 aliphatic rings. The highest BCUT2D eigenvalue weighted by Gasteiger charge is 2.11. The number of nitrogens with zero attached hydrogens (tertiary/aromatic N) is 3. The molecular weight excluding hydrogens is 356 g/mol. The Hall–Kier alpha value is -4.00. The van der Waals surface area contributed by atoms with Gasteiger partial charge in [0.1, 0.15) is 0 Å². The Morgan fingerprint density at radius 3 is 2.29 bits per heavy atom. The molecular formula is C21H16N4O3. The van der Waals surface area contributed by atoms with Crippen molar-refractivity contribution < 1.29 is 13.9 Å². The summed E-state index contributed by atoms with van der Waals surface area (Å²) < 4.78 is 10.8. The van der Waals surface area contributed by atoms with Crippen molar-refractivity contribution in [3.63, 3.8) is 0 Å². The minimum absolute atomic E-state index is 0.252. The minimum atomic E-state index is -0.252. The van der Waals surface area contributed by atoms with Gasteiger partial charge in [-0.1, -0.05) is 18.2 Å². The first-order valence-electron chi connectivity index (χ1n) is 8.54. The number of benzene rings is 2. The van der Waals surface area contributed by atoms with Gasteiger partial charge in [0.05, 0.1) is 7.11 Å². The van der Waals surface area contributed by atoms with E-state index in [1.807, 2.05) is 42.5 Å². The number of carbonyl (C=O) groups excluding carboxylic acids is 1. The van der Waals surface area contributed by atoms with Crippen LogP contribution in [0.15, 0.2) is 77.3 Å². The Bertz CT molecular complexity index is 1090. The SMILES string of the molecule is COc1cc(C(=O)Nc2ccc(-c3nnc(-c4ccccc4)o3)cc2)ccn1. The zero-order valence-corrected chi connectivity index (χ0v) is 15.0. The van der Waals surface area contributed by atoms with Gasteiger partial charge in [0.15, 0.2) is 0 Å². The number of anilines is 1. The fourth-order valence-corrected chi connectivity index (χ4v) is 2.60. The molecule has 28 heavy (non-hydrogen) atoms. The smallest absolute Gasteiger partial charge is 0.255 e. The standard InChI is InChI=1S/C21H16N4O3/c1-27-18-13-16(11-12-22-18)19(26)23-17-9-7-15(8-10-17)21-25-24-20(28-21)14-5-3-2-4-6-14/h2-13H,1H3,(H,23,26). The average Bonchev–Trinajstić information content (AvgIpc) is 3.25. The molecule has 0 saturated heterocycles. The van der Waals surface area contributed by atoms with Crippen LogP contribution in [0.2, 0.25) is 0 Å². The lowest BCUT2D eigenvalue weighted by molar-refractivity contribution is 0.102. The zero-order chi connectivity index (χ0) is 19.3. The lowest BCUT2D eigenvalue weighted by atomic mass is 10.2. The van der Waals surface area contributed by atoms with Crippen molar-refractivity contribution in [2.45, 2.75) is 0 Å². The summed E-state index contributed by atoms with van der Waals surface area (Å²) in [5.74, 6) is 1.00. The highest BCUT2D eigenvalue weighted by Crippen LogP contribution is 2.25. The van der Waals surface area contributed by atoms with Crippen molar-refractivity contribution in [2.24, 2.45) is 0 Å². The second kappa shape index (κ2) is 7.71. The van der Waals surface area contributed by atoms with Gasteiger partial charge in [-0.2, -0.15) is 0 Å². The number of ether oxygens (including phenoxy) is 1. The molecule has 0 radical (unpaired) electrons. The zero-order valence-electron chi connectivity index (χ0n) is 15.0. The second-order valence-corrected chi connectivity index (χ2v) is 5.90. The summed E-state index contributed by atoms with van der Waals surface area (Å²) >= 11 is 0. The van der Waals surface area contributed by atoms with Crippen molar-refractivity contribution in [3.05, 3.63) is 78.5 Å². The Kier molecular flexibility index (Phi) is 4.79. The van der Waals surface area contributed by atoms with Gasteiger partial charge < -0.3 is 14.5 Å². The highest BCUT2D eigenvalue weighted by molar-refractivity contribution is 6.04. The van der Waals surface area contributed by atoms with E-state index in [1.165, 1.54) is 13.3 Å². The molecule has 1 N–H and O–H groups in total. The van der Waals surface area contributed by atoms with Crippen molar-refractivity contribution in [1.29, 1.82) is 0 Å². The Balaban J connectivity index is 1.48. The predicted molar refractivity (Wildman–Crippen MR) is 104 cm³/mol. The molecule has 0 aliphatic carbocycles. The normalized spacial score (nSPS) is 10.5. The predicted octanol–water partition coefficient (Wildman–Crippen LogP) is 4.06. The van der Waals surface area contributed by atoms with Gasteiger partial charge in [-0.15, -0.1) is 10.2 Å². The summed E-state index contributed by atoms with van der Waals surface area (Å²) in [6, 6.07) is 19.9. The van der Waals surface area contributed by atoms with Crippen molar-refractivity contribution in [2.75, 3.05) is 12.4 Å². The number of amides is 1. The number of nitrogens with one attached hydrogen (secondary N) is 1. The molecule has 1 amide bonds. The molecule has 7 heteroatoms. The van der Waals surface area contributed by atoms with Crippen molar-refractivity contribution in [1.82, 2.24) is 15.2 Å². The molecule has 2 heterocycles. The van der Waals surface area contributed by atoms with E-state index in [-0.39, 0.29) is 5.91 Å². The lowest BCUT2D eigenvalue weighted by Gasteiger charge is -2.06. The van der Waals surface area contributed by atoms with Gasteiger partial charge in [0.25, 0.3) is 5.91 Å². The van der Waals surface area contributed by atoms with E-state index in [4.69, 9.17) is 9.15 Å². The molecule has 0 fully saturated rings. The third kappa shape index (κ3) is 3.73. The van der Waals surface area contributed by atoms with Crippen LogP contribution in [-0.4, -0.2) is 28.2 Å². The number of methoxy groups -OCH3 is 1. The second-order valence-electron chi connectivity index (χ2n) is 5.90. The highest BCUT2D eigenvalue weighted by atomic mass is 16.5. The summed E-state index contributed by atoms with van der Waals surface area (Å²) in [6.07, 6.45) is 1.52. The summed E-state index contributed by atoms with van der Waals surface area (Å²) in [7, 11) is 1.50. The molecule has 0 saturated carbocycles. The van der Waals surface area contributed by atoms with Crippen molar-refractivity contribution in [3.8, 4) is 28.8 Å². The van der Waals surface area contributed by atoms with Crippen LogP contribution in [0.1, 0.15) is 10.4 Å². The number of hydrogen-bond donors (Lipinski definition) is 1. The average molecular weight is 372 g/mol. The van der Waals surface area contributed by atoms with Gasteiger partial charge in [-0.05, 0) is 42.5 Å². The molecule has 7 nitrogen and oxygen atoms in total. The molecule has 2 aromatic carbocycles. The molecule has 0 spiro atoms.